The van der Waals surface area contributed by atoms with Crippen LogP contribution in [0.1, 0.15) is 16.7 Å². The molecule has 2 rings (SSSR count). The van der Waals surface area contributed by atoms with Gasteiger partial charge in [-0.15, -0.1) is 0 Å². The van der Waals surface area contributed by atoms with Gasteiger partial charge >= 0.3 is 6.18 Å². The number of nitrogens with one attached hydrogen (secondary N) is 1. The van der Waals surface area contributed by atoms with Crippen LogP contribution in [0.2, 0.25) is 0 Å². The summed E-state index contributed by atoms with van der Waals surface area (Å²) in [6.45, 7) is 2.37. The third-order valence-electron chi connectivity index (χ3n) is 3.25. The molecule has 0 aliphatic heterocycles. The first-order valence-corrected chi connectivity index (χ1v) is 7.14. The van der Waals surface area contributed by atoms with Crippen LogP contribution < -0.4 is 11.1 Å². The Hall–Kier alpha value is -2.50. The Labute approximate surface area is 133 Å². The zero-order valence-corrected chi connectivity index (χ0v) is 12.7. The lowest BCUT2D eigenvalue weighted by Gasteiger charge is -2.08. The molecule has 0 radical (unpaired) electrons. The predicted molar refractivity (Wildman–Crippen MR) is 86.4 cm³/mol. The fourth-order valence-corrected chi connectivity index (χ4v) is 2.08. The number of benzene rings is 2. The molecule has 0 heterocycles. The highest BCUT2D eigenvalue weighted by molar-refractivity contribution is 5.92. The summed E-state index contributed by atoms with van der Waals surface area (Å²) in [5.41, 5.74) is 7.88. The first-order valence-electron chi connectivity index (χ1n) is 7.14. The zero-order chi connectivity index (χ0) is 16.9. The summed E-state index contributed by atoms with van der Waals surface area (Å²) in [6, 6.07) is 12.8. The number of alkyl halides is 3. The van der Waals surface area contributed by atoms with Gasteiger partial charge in [0.15, 0.2) is 5.96 Å². The molecular weight excluding hydrogens is 303 g/mol. The number of anilines is 1. The topological polar surface area (TPSA) is 50.4 Å². The largest absolute Gasteiger partial charge is 0.416 e. The highest BCUT2D eigenvalue weighted by Gasteiger charge is 2.29. The van der Waals surface area contributed by atoms with Gasteiger partial charge in [0.2, 0.25) is 0 Å². The van der Waals surface area contributed by atoms with Crippen LogP contribution in [0, 0.1) is 6.92 Å². The fraction of sp³-hybridized carbons (Fsp3) is 0.235. The number of aliphatic imine (C=N–C) groups is 1. The monoisotopic (exact) mass is 321 g/mol. The standard InChI is InChI=1S/C17H18F3N3/c1-12-3-2-4-15(11-12)23-16(21)22-10-9-13-5-7-14(8-6-13)17(18,19)20/h2-8,11H,9-10H2,1H3,(H3,21,22,23). The second-order valence-corrected chi connectivity index (χ2v) is 5.21. The maximum absolute atomic E-state index is 12.5. The average molecular weight is 321 g/mol. The van der Waals surface area contributed by atoms with Gasteiger partial charge < -0.3 is 11.1 Å². The number of rotatable bonds is 4. The van der Waals surface area contributed by atoms with Gasteiger partial charge in [0.25, 0.3) is 0 Å². The van der Waals surface area contributed by atoms with Crippen molar-refractivity contribution in [2.75, 3.05) is 11.9 Å². The average Bonchev–Trinajstić information content (AvgIpc) is 2.47. The molecule has 0 saturated carbocycles. The summed E-state index contributed by atoms with van der Waals surface area (Å²) < 4.78 is 37.4. The van der Waals surface area contributed by atoms with Crippen LogP contribution in [-0.4, -0.2) is 12.5 Å². The Morgan fingerprint density at radius 1 is 1.13 bits per heavy atom. The van der Waals surface area contributed by atoms with Crippen molar-refractivity contribution in [1.82, 2.24) is 0 Å². The van der Waals surface area contributed by atoms with Crippen molar-refractivity contribution < 1.29 is 13.2 Å². The quantitative estimate of drug-likeness (QED) is 0.661. The maximum atomic E-state index is 12.5. The number of guanidine groups is 1. The van der Waals surface area contributed by atoms with Crippen molar-refractivity contribution in [2.45, 2.75) is 19.5 Å². The van der Waals surface area contributed by atoms with Crippen LogP contribution in [0.3, 0.4) is 0 Å². The van der Waals surface area contributed by atoms with Crippen LogP contribution in [-0.2, 0) is 12.6 Å². The zero-order valence-electron chi connectivity index (χ0n) is 12.7. The van der Waals surface area contributed by atoms with E-state index in [0.29, 0.717) is 13.0 Å². The van der Waals surface area contributed by atoms with E-state index in [1.54, 1.807) is 0 Å². The predicted octanol–water partition coefficient (Wildman–Crippen LogP) is 3.98. The van der Waals surface area contributed by atoms with Crippen molar-refractivity contribution >= 4 is 11.6 Å². The minimum Gasteiger partial charge on any atom is -0.370 e. The lowest BCUT2D eigenvalue weighted by Crippen LogP contribution is -2.23. The first-order chi connectivity index (χ1) is 10.8. The van der Waals surface area contributed by atoms with Gasteiger partial charge in [-0.3, -0.25) is 4.99 Å². The van der Waals surface area contributed by atoms with Crippen molar-refractivity contribution in [3.63, 3.8) is 0 Å². The Balaban J connectivity index is 1.88. The molecular formula is C17H18F3N3. The lowest BCUT2D eigenvalue weighted by molar-refractivity contribution is -0.137. The molecule has 0 fully saturated rings. The lowest BCUT2D eigenvalue weighted by atomic mass is 10.1. The van der Waals surface area contributed by atoms with E-state index in [2.05, 4.69) is 10.3 Å². The van der Waals surface area contributed by atoms with E-state index in [1.165, 1.54) is 12.1 Å². The van der Waals surface area contributed by atoms with E-state index in [0.717, 1.165) is 28.9 Å². The SMILES string of the molecule is Cc1cccc(NC(N)=NCCc2ccc(C(F)(F)F)cc2)c1. The van der Waals surface area contributed by atoms with Gasteiger partial charge in [0.1, 0.15) is 0 Å². The molecule has 2 aromatic carbocycles. The number of hydrogen-bond acceptors (Lipinski definition) is 1. The van der Waals surface area contributed by atoms with Gasteiger partial charge in [-0.05, 0) is 48.7 Å². The molecule has 0 atom stereocenters. The van der Waals surface area contributed by atoms with Crippen LogP contribution in [0.4, 0.5) is 18.9 Å². The summed E-state index contributed by atoms with van der Waals surface area (Å²) in [5, 5.41) is 2.98. The molecule has 0 saturated heterocycles. The van der Waals surface area contributed by atoms with E-state index in [1.807, 2.05) is 31.2 Å². The molecule has 23 heavy (non-hydrogen) atoms. The number of nitrogens with zero attached hydrogens (tertiary/aromatic N) is 1. The maximum Gasteiger partial charge on any atom is 0.416 e. The summed E-state index contributed by atoms with van der Waals surface area (Å²) in [4.78, 5) is 4.18. The molecule has 0 bridgehead atoms. The summed E-state index contributed by atoms with van der Waals surface area (Å²) in [6.07, 6.45) is -3.78. The van der Waals surface area contributed by atoms with Crippen LogP contribution in [0.5, 0.6) is 0 Å². The molecule has 0 aliphatic rings. The fourth-order valence-electron chi connectivity index (χ4n) is 2.08. The van der Waals surface area contributed by atoms with Crippen molar-refractivity contribution in [3.05, 3.63) is 65.2 Å². The van der Waals surface area contributed by atoms with E-state index >= 15 is 0 Å². The second-order valence-electron chi connectivity index (χ2n) is 5.21. The van der Waals surface area contributed by atoms with Crippen LogP contribution in [0.15, 0.2) is 53.5 Å². The molecule has 3 nitrogen and oxygen atoms in total. The minimum atomic E-state index is -4.31. The molecule has 0 spiro atoms. The van der Waals surface area contributed by atoms with Gasteiger partial charge in [-0.1, -0.05) is 24.3 Å². The molecule has 0 aromatic heterocycles. The summed E-state index contributed by atoms with van der Waals surface area (Å²) in [7, 11) is 0. The van der Waals surface area contributed by atoms with Gasteiger partial charge in [0.05, 0.1) is 5.56 Å². The molecule has 0 aliphatic carbocycles. The third kappa shape index (κ3) is 5.32. The van der Waals surface area contributed by atoms with Crippen LogP contribution in [0.25, 0.3) is 0 Å². The molecule has 0 amide bonds. The van der Waals surface area contributed by atoms with Crippen molar-refractivity contribution in [2.24, 2.45) is 10.7 Å². The van der Waals surface area contributed by atoms with E-state index < -0.39 is 11.7 Å². The minimum absolute atomic E-state index is 0.280. The molecule has 122 valence electrons. The summed E-state index contributed by atoms with van der Waals surface area (Å²) in [5.74, 6) is 0.280. The highest BCUT2D eigenvalue weighted by Crippen LogP contribution is 2.29. The van der Waals surface area contributed by atoms with E-state index in [9.17, 15) is 13.2 Å². The Bertz CT molecular complexity index is 676. The Morgan fingerprint density at radius 2 is 1.83 bits per heavy atom. The van der Waals surface area contributed by atoms with E-state index in [-0.39, 0.29) is 5.96 Å². The molecule has 0 unspecified atom stereocenters. The van der Waals surface area contributed by atoms with Crippen LogP contribution >= 0.6 is 0 Å². The van der Waals surface area contributed by atoms with Gasteiger partial charge in [-0.25, -0.2) is 0 Å². The van der Waals surface area contributed by atoms with Crippen molar-refractivity contribution in [1.29, 1.82) is 0 Å². The third-order valence-corrected chi connectivity index (χ3v) is 3.25. The summed E-state index contributed by atoms with van der Waals surface area (Å²) >= 11 is 0. The number of nitrogens with two attached hydrogens (primary N) is 1. The number of hydrogen-bond donors (Lipinski definition) is 2. The molecule has 2 aromatic rings. The number of aryl methyl sites for hydroxylation is 1. The molecule has 6 heteroatoms. The van der Waals surface area contributed by atoms with Gasteiger partial charge in [-0.2, -0.15) is 13.2 Å². The smallest absolute Gasteiger partial charge is 0.370 e. The number of halogens is 3. The Kier molecular flexibility index (Phi) is 5.26. The van der Waals surface area contributed by atoms with E-state index in [4.69, 9.17) is 5.73 Å². The highest BCUT2D eigenvalue weighted by atomic mass is 19.4. The Morgan fingerprint density at radius 3 is 2.43 bits per heavy atom. The first kappa shape index (κ1) is 16.9. The van der Waals surface area contributed by atoms with Gasteiger partial charge in [0, 0.05) is 12.2 Å². The second kappa shape index (κ2) is 7.17. The normalized spacial score (nSPS) is 12.3. The molecule has 3 N–H and O–H groups in total. The van der Waals surface area contributed by atoms with Crippen molar-refractivity contribution in [3.8, 4) is 0 Å².